The third-order valence-electron chi connectivity index (χ3n) is 3.56. The maximum Gasteiger partial charge on any atom is 0.149 e. The van der Waals surface area contributed by atoms with Gasteiger partial charge in [0.25, 0.3) is 0 Å². The second kappa shape index (κ2) is 6.26. The molecule has 1 saturated carbocycles. The van der Waals surface area contributed by atoms with Crippen LogP contribution in [-0.2, 0) is 4.79 Å². The van der Waals surface area contributed by atoms with Crippen molar-refractivity contribution in [3.05, 3.63) is 0 Å². The first-order valence-electron chi connectivity index (χ1n) is 6.42. The van der Waals surface area contributed by atoms with Crippen LogP contribution in [0.2, 0.25) is 0 Å². The monoisotopic (exact) mass is 211 g/mol. The van der Waals surface area contributed by atoms with Crippen LogP contribution in [-0.4, -0.2) is 29.8 Å². The van der Waals surface area contributed by atoms with E-state index in [-0.39, 0.29) is 0 Å². The van der Waals surface area contributed by atoms with Crippen molar-refractivity contribution in [2.24, 2.45) is 5.92 Å². The van der Waals surface area contributed by atoms with Gasteiger partial charge in [0.15, 0.2) is 0 Å². The lowest BCUT2D eigenvalue weighted by atomic mass is 9.86. The molecular weight excluding hydrogens is 186 g/mol. The largest absolute Gasteiger partial charge is 0.298 e. The van der Waals surface area contributed by atoms with Crippen LogP contribution in [0.5, 0.6) is 0 Å². The Hall–Kier alpha value is -0.370. The molecule has 0 aromatic carbocycles. The van der Waals surface area contributed by atoms with Crippen molar-refractivity contribution in [3.8, 4) is 0 Å². The maximum atomic E-state index is 12.0. The third kappa shape index (κ3) is 3.94. The number of nitrogens with zero attached hydrogens (tertiary/aromatic N) is 1. The molecule has 2 nitrogen and oxygen atoms in total. The first-order chi connectivity index (χ1) is 7.15. The molecule has 0 saturated heterocycles. The van der Waals surface area contributed by atoms with E-state index in [0.717, 1.165) is 19.4 Å². The van der Waals surface area contributed by atoms with Crippen LogP contribution in [0.1, 0.15) is 52.9 Å². The zero-order valence-corrected chi connectivity index (χ0v) is 10.5. The van der Waals surface area contributed by atoms with Gasteiger partial charge in [-0.05, 0) is 33.2 Å². The molecule has 0 heterocycles. The van der Waals surface area contributed by atoms with Crippen molar-refractivity contribution in [3.63, 3.8) is 0 Å². The molecule has 0 aromatic heterocycles. The molecule has 2 heteroatoms. The average Bonchev–Trinajstić information content (AvgIpc) is 2.26. The van der Waals surface area contributed by atoms with Crippen molar-refractivity contribution < 1.29 is 4.79 Å². The van der Waals surface area contributed by atoms with E-state index in [1.54, 1.807) is 0 Å². The van der Waals surface area contributed by atoms with E-state index in [4.69, 9.17) is 0 Å². The Labute approximate surface area is 94.0 Å². The van der Waals surface area contributed by atoms with Crippen LogP contribution in [0, 0.1) is 5.92 Å². The van der Waals surface area contributed by atoms with Crippen LogP contribution >= 0.6 is 0 Å². The van der Waals surface area contributed by atoms with Gasteiger partial charge in [-0.25, -0.2) is 0 Å². The quantitative estimate of drug-likeness (QED) is 0.697. The topological polar surface area (TPSA) is 20.3 Å². The Bertz CT molecular complexity index is 195. The molecule has 0 radical (unpaired) electrons. The highest BCUT2D eigenvalue weighted by Crippen LogP contribution is 2.24. The Morgan fingerprint density at radius 3 is 2.33 bits per heavy atom. The average molecular weight is 211 g/mol. The second-order valence-electron chi connectivity index (χ2n) is 4.96. The summed E-state index contributed by atoms with van der Waals surface area (Å²) in [5.74, 6) is 0.844. The van der Waals surface area contributed by atoms with Crippen molar-refractivity contribution in [2.75, 3.05) is 13.1 Å². The van der Waals surface area contributed by atoms with Crippen molar-refractivity contribution in [1.82, 2.24) is 4.90 Å². The van der Waals surface area contributed by atoms with Gasteiger partial charge in [-0.15, -0.1) is 0 Å². The smallest absolute Gasteiger partial charge is 0.149 e. The van der Waals surface area contributed by atoms with E-state index in [1.165, 1.54) is 19.3 Å². The number of hydrogen-bond donors (Lipinski definition) is 0. The number of rotatable bonds is 5. The number of likely N-dealkylation sites (N-methyl/N-ethyl adjacent to an activating group) is 1. The molecule has 0 aromatic rings. The highest BCUT2D eigenvalue weighted by molar-refractivity contribution is 5.83. The van der Waals surface area contributed by atoms with Crippen LogP contribution in [0.3, 0.4) is 0 Å². The first kappa shape index (κ1) is 12.7. The molecule has 0 bridgehead atoms. The van der Waals surface area contributed by atoms with Crippen LogP contribution in [0.15, 0.2) is 0 Å². The van der Waals surface area contributed by atoms with E-state index in [9.17, 15) is 4.79 Å². The van der Waals surface area contributed by atoms with Gasteiger partial charge in [0.05, 0.1) is 6.54 Å². The summed E-state index contributed by atoms with van der Waals surface area (Å²) in [6.07, 6.45) is 6.10. The minimum Gasteiger partial charge on any atom is -0.298 e. The summed E-state index contributed by atoms with van der Waals surface area (Å²) in [6.45, 7) is 8.11. The Kier molecular flexibility index (Phi) is 5.30. The van der Waals surface area contributed by atoms with Gasteiger partial charge >= 0.3 is 0 Å². The SMILES string of the molecule is CCN(CC(=O)C1CCCCC1)C(C)C. The molecule has 88 valence electrons. The molecule has 0 spiro atoms. The van der Waals surface area contributed by atoms with Gasteiger partial charge in [-0.3, -0.25) is 9.69 Å². The summed E-state index contributed by atoms with van der Waals surface area (Å²) >= 11 is 0. The zero-order chi connectivity index (χ0) is 11.3. The minimum absolute atomic E-state index is 0.367. The lowest BCUT2D eigenvalue weighted by Crippen LogP contribution is -2.38. The summed E-state index contributed by atoms with van der Waals surface area (Å²) in [6, 6.07) is 0.488. The number of carbonyl (C=O) groups is 1. The molecule has 0 aliphatic heterocycles. The molecule has 0 atom stereocenters. The Morgan fingerprint density at radius 1 is 1.27 bits per heavy atom. The lowest BCUT2D eigenvalue weighted by Gasteiger charge is -2.27. The van der Waals surface area contributed by atoms with Crippen molar-refractivity contribution in [1.29, 1.82) is 0 Å². The fourth-order valence-corrected chi connectivity index (χ4v) is 2.41. The third-order valence-corrected chi connectivity index (χ3v) is 3.56. The summed E-state index contributed by atoms with van der Waals surface area (Å²) in [4.78, 5) is 14.3. The number of carbonyl (C=O) groups excluding carboxylic acids is 1. The van der Waals surface area contributed by atoms with Gasteiger partial charge in [0, 0.05) is 12.0 Å². The molecule has 1 fully saturated rings. The van der Waals surface area contributed by atoms with Gasteiger partial charge in [-0.1, -0.05) is 26.2 Å². The first-order valence-corrected chi connectivity index (χ1v) is 6.42. The molecule has 0 amide bonds. The van der Waals surface area contributed by atoms with E-state index in [1.807, 2.05) is 0 Å². The molecule has 15 heavy (non-hydrogen) atoms. The number of Topliss-reactive ketones (excluding diaryl/α,β-unsaturated/α-hetero) is 1. The van der Waals surface area contributed by atoms with E-state index in [2.05, 4.69) is 25.7 Å². The van der Waals surface area contributed by atoms with E-state index in [0.29, 0.717) is 24.3 Å². The fraction of sp³-hybridized carbons (Fsp3) is 0.923. The number of ketones is 1. The lowest BCUT2D eigenvalue weighted by molar-refractivity contribution is -0.125. The summed E-state index contributed by atoms with van der Waals surface area (Å²) in [7, 11) is 0. The van der Waals surface area contributed by atoms with Gasteiger partial charge in [0.2, 0.25) is 0 Å². The highest BCUT2D eigenvalue weighted by atomic mass is 16.1. The van der Waals surface area contributed by atoms with Gasteiger partial charge in [-0.2, -0.15) is 0 Å². The maximum absolute atomic E-state index is 12.0. The summed E-state index contributed by atoms with van der Waals surface area (Å²) < 4.78 is 0. The Balaban J connectivity index is 2.38. The van der Waals surface area contributed by atoms with E-state index >= 15 is 0 Å². The second-order valence-corrected chi connectivity index (χ2v) is 4.96. The summed E-state index contributed by atoms with van der Waals surface area (Å²) in [5.41, 5.74) is 0. The van der Waals surface area contributed by atoms with Crippen molar-refractivity contribution >= 4 is 5.78 Å². The molecule has 0 N–H and O–H groups in total. The molecule has 1 aliphatic rings. The van der Waals surface area contributed by atoms with Crippen LogP contribution in [0.25, 0.3) is 0 Å². The fourth-order valence-electron chi connectivity index (χ4n) is 2.41. The van der Waals surface area contributed by atoms with Crippen LogP contribution < -0.4 is 0 Å². The van der Waals surface area contributed by atoms with Crippen molar-refractivity contribution in [2.45, 2.75) is 58.9 Å². The molecule has 1 aliphatic carbocycles. The van der Waals surface area contributed by atoms with Crippen LogP contribution in [0.4, 0.5) is 0 Å². The normalized spacial score (nSPS) is 18.7. The van der Waals surface area contributed by atoms with Gasteiger partial charge < -0.3 is 0 Å². The Morgan fingerprint density at radius 2 is 1.87 bits per heavy atom. The molecule has 1 rings (SSSR count). The molecular formula is C13H25NO. The van der Waals surface area contributed by atoms with Gasteiger partial charge in [0.1, 0.15) is 5.78 Å². The standard InChI is InChI=1S/C13H25NO/c1-4-14(11(2)3)10-13(15)12-8-6-5-7-9-12/h11-12H,4-10H2,1-3H3. The predicted molar refractivity (Wildman–Crippen MR) is 64.0 cm³/mol. The summed E-state index contributed by atoms with van der Waals surface area (Å²) in [5, 5.41) is 0. The van der Waals surface area contributed by atoms with E-state index < -0.39 is 0 Å². The highest BCUT2D eigenvalue weighted by Gasteiger charge is 2.23. The zero-order valence-electron chi connectivity index (χ0n) is 10.5. The molecule has 0 unspecified atom stereocenters. The number of hydrogen-bond acceptors (Lipinski definition) is 2. The predicted octanol–water partition coefficient (Wildman–Crippen LogP) is 2.87. The minimum atomic E-state index is 0.367.